The SMILES string of the molecule is C1C2CC3CC1CC(C2)C3.CCCCCCCCCCC[CH2][Na].O=S(=O)(O)O. The molecule has 0 radical (unpaired) electrons. The van der Waals surface area contributed by atoms with E-state index in [1.54, 1.807) is 38.5 Å². The summed E-state index contributed by atoms with van der Waals surface area (Å²) >= 11 is 1.41. The van der Waals surface area contributed by atoms with E-state index in [1.807, 2.05) is 0 Å². The second-order valence-corrected chi connectivity index (χ2v) is 11.4. The Morgan fingerprint density at radius 1 is 0.643 bits per heavy atom. The van der Waals surface area contributed by atoms with Crippen LogP contribution >= 0.6 is 0 Å². The predicted octanol–water partition coefficient (Wildman–Crippen LogP) is 6.67. The van der Waals surface area contributed by atoms with Crippen LogP contribution < -0.4 is 0 Å². The molecule has 0 atom stereocenters. The third-order valence-electron chi connectivity index (χ3n) is 6.71. The monoisotopic (exact) mass is 426 g/mol. The number of rotatable bonds is 10. The Kier molecular flexibility index (Phi) is 15.0. The van der Waals surface area contributed by atoms with Gasteiger partial charge in [-0.1, -0.05) is 0 Å². The van der Waals surface area contributed by atoms with E-state index in [0.717, 1.165) is 0 Å². The maximum Gasteiger partial charge on any atom is 0.394 e. The van der Waals surface area contributed by atoms with Gasteiger partial charge < -0.3 is 0 Å². The largest absolute Gasteiger partial charge is 0.394 e. The summed E-state index contributed by atoms with van der Waals surface area (Å²) in [6.45, 7) is 2.29. The second kappa shape index (κ2) is 15.6. The molecule has 4 bridgehead atoms. The van der Waals surface area contributed by atoms with E-state index in [2.05, 4.69) is 6.92 Å². The number of unbranched alkanes of at least 4 members (excludes halogenated alkanes) is 9. The molecule has 4 saturated carbocycles. The van der Waals surface area contributed by atoms with Gasteiger partial charge in [0.25, 0.3) is 0 Å². The van der Waals surface area contributed by atoms with Crippen LogP contribution in [0, 0.1) is 23.7 Å². The molecule has 0 amide bonds. The van der Waals surface area contributed by atoms with Gasteiger partial charge in [-0.15, -0.1) is 0 Å². The summed E-state index contributed by atoms with van der Waals surface area (Å²) in [4.78, 5) is 0. The molecule has 0 saturated heterocycles. The van der Waals surface area contributed by atoms with Crippen molar-refractivity contribution in [1.82, 2.24) is 0 Å². The summed E-state index contributed by atoms with van der Waals surface area (Å²) in [5.41, 5.74) is 0. The molecule has 4 nitrogen and oxygen atoms in total. The number of hydrogen-bond acceptors (Lipinski definition) is 2. The van der Waals surface area contributed by atoms with Crippen LogP contribution in [0.5, 0.6) is 0 Å². The van der Waals surface area contributed by atoms with Crippen LogP contribution in [-0.2, 0) is 10.4 Å². The molecule has 0 unspecified atom stereocenters. The van der Waals surface area contributed by atoms with Crippen molar-refractivity contribution < 1.29 is 17.5 Å². The minimum atomic E-state index is -4.67. The summed E-state index contributed by atoms with van der Waals surface area (Å²) < 4.78 is 33.1. The second-order valence-electron chi connectivity index (χ2n) is 9.51. The van der Waals surface area contributed by atoms with E-state index in [-0.39, 0.29) is 0 Å². The molecule has 4 rings (SSSR count). The van der Waals surface area contributed by atoms with Crippen LogP contribution in [0.4, 0.5) is 0 Å². The van der Waals surface area contributed by atoms with Crippen LogP contribution in [0.15, 0.2) is 0 Å². The van der Waals surface area contributed by atoms with Crippen molar-refractivity contribution in [2.75, 3.05) is 0 Å². The van der Waals surface area contributed by atoms with Crippen molar-refractivity contribution >= 4 is 38.3 Å². The van der Waals surface area contributed by atoms with Gasteiger partial charge in [0.1, 0.15) is 0 Å². The van der Waals surface area contributed by atoms with Gasteiger partial charge in [0, 0.05) is 0 Å². The molecule has 0 aromatic carbocycles. The minimum absolute atomic E-state index is 1.18. The molecule has 0 aliphatic heterocycles. The van der Waals surface area contributed by atoms with Crippen molar-refractivity contribution in [1.29, 1.82) is 0 Å². The topological polar surface area (TPSA) is 74.6 Å². The maximum absolute atomic E-state index is 8.74. The zero-order valence-electron chi connectivity index (χ0n) is 18.4. The quantitative estimate of drug-likeness (QED) is 0.232. The van der Waals surface area contributed by atoms with Crippen molar-refractivity contribution in [3.8, 4) is 0 Å². The van der Waals surface area contributed by atoms with Crippen molar-refractivity contribution in [2.45, 2.75) is 113 Å². The van der Waals surface area contributed by atoms with E-state index < -0.39 is 10.4 Å². The molecule has 6 heteroatoms. The van der Waals surface area contributed by atoms with Crippen LogP contribution in [-0.4, -0.2) is 45.5 Å². The molecule has 0 aromatic heterocycles. The van der Waals surface area contributed by atoms with E-state index in [1.165, 1.54) is 119 Å². The van der Waals surface area contributed by atoms with Crippen LogP contribution in [0.25, 0.3) is 0 Å². The zero-order valence-corrected chi connectivity index (χ0v) is 21.3. The molecule has 4 aliphatic rings. The smallest absolute Gasteiger partial charge is 0.264 e. The van der Waals surface area contributed by atoms with Crippen LogP contribution in [0.2, 0.25) is 3.67 Å². The van der Waals surface area contributed by atoms with Gasteiger partial charge in [-0.2, -0.15) is 8.42 Å². The average Bonchev–Trinajstić information content (AvgIpc) is 2.58. The van der Waals surface area contributed by atoms with Gasteiger partial charge in [0.2, 0.25) is 0 Å². The Balaban J connectivity index is 0.000000230. The summed E-state index contributed by atoms with van der Waals surface area (Å²) in [6, 6.07) is 0. The van der Waals surface area contributed by atoms with Crippen LogP contribution in [0.1, 0.15) is 110 Å². The Labute approximate surface area is 192 Å². The van der Waals surface area contributed by atoms with Gasteiger partial charge in [0.05, 0.1) is 0 Å². The molecular weight excluding hydrogens is 383 g/mol. The molecule has 0 aromatic rings. The minimum Gasteiger partial charge on any atom is -0.264 e. The van der Waals surface area contributed by atoms with Crippen molar-refractivity contribution in [3.63, 3.8) is 0 Å². The molecule has 4 fully saturated rings. The van der Waals surface area contributed by atoms with Gasteiger partial charge in [0.15, 0.2) is 0 Å². The first-order valence-corrected chi connectivity index (χ1v) is 14.8. The maximum atomic E-state index is 8.74. The molecule has 2 N–H and O–H groups in total. The van der Waals surface area contributed by atoms with E-state index in [9.17, 15) is 0 Å². The molecule has 0 spiro atoms. The Morgan fingerprint density at radius 3 is 1.14 bits per heavy atom. The average molecular weight is 427 g/mol. The third-order valence-corrected chi connectivity index (χ3v) is 7.41. The van der Waals surface area contributed by atoms with Gasteiger partial charge in [-0.25, -0.2) is 0 Å². The molecule has 0 heterocycles. The first-order valence-electron chi connectivity index (χ1n) is 12.0. The fourth-order valence-corrected chi connectivity index (χ4v) is 6.22. The van der Waals surface area contributed by atoms with Crippen LogP contribution in [0.3, 0.4) is 0 Å². The number of hydrogen-bond donors (Lipinski definition) is 2. The van der Waals surface area contributed by atoms with Crippen molar-refractivity contribution in [2.24, 2.45) is 23.7 Å². The van der Waals surface area contributed by atoms with E-state index in [4.69, 9.17) is 17.5 Å². The summed E-state index contributed by atoms with van der Waals surface area (Å²) in [5, 5.41) is 0. The Morgan fingerprint density at radius 2 is 0.893 bits per heavy atom. The fourth-order valence-electron chi connectivity index (χ4n) is 5.72. The van der Waals surface area contributed by atoms with Crippen molar-refractivity contribution in [3.05, 3.63) is 0 Å². The molecule has 28 heavy (non-hydrogen) atoms. The predicted molar refractivity (Wildman–Crippen MR) is 118 cm³/mol. The third kappa shape index (κ3) is 14.8. The van der Waals surface area contributed by atoms with E-state index in [0.29, 0.717) is 0 Å². The zero-order chi connectivity index (χ0) is 20.8. The summed E-state index contributed by atoms with van der Waals surface area (Å²) in [5.74, 6) is 4.71. The molecule has 162 valence electrons. The summed E-state index contributed by atoms with van der Waals surface area (Å²) in [7, 11) is -4.67. The molecular formula is C22H43NaO4S. The van der Waals surface area contributed by atoms with Gasteiger partial charge in [-0.3, -0.25) is 9.11 Å². The standard InChI is InChI=1S/C12H25.C10H16.Na.H2O4S/c1-3-5-7-9-11-12-10-8-6-4-2;1-7-2-9-4-8(1)5-10(3-7)6-9;;1-5(2,3)4/h1,3-12H2,2H3;7-10H,1-6H2;;(H2,1,2,3,4). The summed E-state index contributed by atoms with van der Waals surface area (Å²) in [6.07, 6.45) is 24.4. The first kappa shape index (κ1) is 26.9. The first-order chi connectivity index (χ1) is 13.3. The Bertz CT molecular complexity index is 406. The normalized spacial score (nSPS) is 27.6. The van der Waals surface area contributed by atoms with Gasteiger partial charge in [-0.05, 0) is 62.2 Å². The van der Waals surface area contributed by atoms with E-state index >= 15 is 0 Å². The van der Waals surface area contributed by atoms with Gasteiger partial charge >= 0.3 is 113 Å². The Hall–Kier alpha value is 0.870. The molecule has 4 aliphatic carbocycles. The fraction of sp³-hybridized carbons (Fsp3) is 1.00.